The number of rotatable bonds is 5. The van der Waals surface area contributed by atoms with Crippen LogP contribution in [0.2, 0.25) is 0 Å². The lowest BCUT2D eigenvalue weighted by Gasteiger charge is -2.13. The Morgan fingerprint density at radius 2 is 1.81 bits per heavy atom. The van der Waals surface area contributed by atoms with Gasteiger partial charge in [0.1, 0.15) is 11.6 Å². The Labute approximate surface area is 121 Å². The molecule has 1 heterocycles. The second-order valence-electron chi connectivity index (χ2n) is 4.52. The fourth-order valence-corrected chi connectivity index (χ4v) is 1.61. The van der Waals surface area contributed by atoms with Crippen LogP contribution < -0.4 is 15.5 Å². The molecule has 2 rings (SSSR count). The van der Waals surface area contributed by atoms with Crippen LogP contribution in [-0.4, -0.2) is 36.1 Å². The van der Waals surface area contributed by atoms with Crippen LogP contribution in [0.25, 0.3) is 0 Å². The summed E-state index contributed by atoms with van der Waals surface area (Å²) in [6.07, 6.45) is 0. The molecule has 2 aromatic rings. The second-order valence-corrected chi connectivity index (χ2v) is 4.52. The molecule has 0 aliphatic carbocycles. The van der Waals surface area contributed by atoms with Gasteiger partial charge in [-0.3, -0.25) is 0 Å². The summed E-state index contributed by atoms with van der Waals surface area (Å²) in [6.45, 7) is 0.0730. The van der Waals surface area contributed by atoms with Crippen LogP contribution in [0.5, 0.6) is 0 Å². The van der Waals surface area contributed by atoms with Crippen LogP contribution in [-0.2, 0) is 6.54 Å². The van der Waals surface area contributed by atoms with Gasteiger partial charge in [-0.25, -0.2) is 8.78 Å². The average molecular weight is 294 g/mol. The Bertz CT molecular complexity index is 632. The standard InChI is InChI=1S/C13H16F2N6/c1-16-11-18-12(20-13(19-11)21(2)3)17-7-8-6-9(14)4-5-10(8)15/h4-6H,7H2,1-3H3,(H2,16,17,18,19,20). The predicted molar refractivity (Wildman–Crippen MR) is 77.4 cm³/mol. The highest BCUT2D eigenvalue weighted by Crippen LogP contribution is 2.14. The van der Waals surface area contributed by atoms with Crippen molar-refractivity contribution in [3.63, 3.8) is 0 Å². The summed E-state index contributed by atoms with van der Waals surface area (Å²) in [4.78, 5) is 14.2. The van der Waals surface area contributed by atoms with Crippen molar-refractivity contribution in [1.82, 2.24) is 15.0 Å². The van der Waals surface area contributed by atoms with Crippen molar-refractivity contribution in [1.29, 1.82) is 0 Å². The number of halogens is 2. The van der Waals surface area contributed by atoms with E-state index in [4.69, 9.17) is 0 Å². The molecule has 0 aliphatic rings. The summed E-state index contributed by atoms with van der Waals surface area (Å²) < 4.78 is 26.7. The van der Waals surface area contributed by atoms with Crippen LogP contribution in [0.1, 0.15) is 5.56 Å². The highest BCUT2D eigenvalue weighted by molar-refractivity contribution is 5.43. The summed E-state index contributed by atoms with van der Waals surface area (Å²) in [7, 11) is 5.28. The predicted octanol–water partition coefficient (Wildman–Crippen LogP) is 1.87. The molecule has 0 atom stereocenters. The summed E-state index contributed by atoms with van der Waals surface area (Å²) in [5.41, 5.74) is 0.202. The topological polar surface area (TPSA) is 66.0 Å². The Kier molecular flexibility index (Phi) is 4.46. The van der Waals surface area contributed by atoms with Crippen LogP contribution in [0.4, 0.5) is 26.6 Å². The minimum absolute atomic E-state index is 0.0730. The van der Waals surface area contributed by atoms with E-state index in [1.807, 2.05) is 0 Å². The third kappa shape index (κ3) is 3.74. The van der Waals surface area contributed by atoms with E-state index in [2.05, 4.69) is 25.6 Å². The quantitative estimate of drug-likeness (QED) is 0.877. The van der Waals surface area contributed by atoms with E-state index < -0.39 is 11.6 Å². The van der Waals surface area contributed by atoms with Crippen molar-refractivity contribution < 1.29 is 8.78 Å². The van der Waals surface area contributed by atoms with Gasteiger partial charge in [-0.05, 0) is 18.2 Å². The molecule has 1 aromatic heterocycles. The molecule has 0 saturated carbocycles. The molecule has 0 unspecified atom stereocenters. The van der Waals surface area contributed by atoms with Gasteiger partial charge >= 0.3 is 0 Å². The van der Waals surface area contributed by atoms with Gasteiger partial charge in [0, 0.05) is 33.3 Å². The van der Waals surface area contributed by atoms with E-state index in [0.29, 0.717) is 11.9 Å². The van der Waals surface area contributed by atoms with E-state index in [-0.39, 0.29) is 18.1 Å². The van der Waals surface area contributed by atoms with Gasteiger partial charge in [0.2, 0.25) is 17.8 Å². The van der Waals surface area contributed by atoms with Crippen molar-refractivity contribution in [3.05, 3.63) is 35.4 Å². The number of nitrogens with one attached hydrogen (secondary N) is 2. The normalized spacial score (nSPS) is 10.3. The van der Waals surface area contributed by atoms with Gasteiger partial charge in [0.05, 0.1) is 0 Å². The molecule has 112 valence electrons. The van der Waals surface area contributed by atoms with Gasteiger partial charge < -0.3 is 15.5 Å². The van der Waals surface area contributed by atoms with Gasteiger partial charge in [0.25, 0.3) is 0 Å². The number of anilines is 3. The SMILES string of the molecule is CNc1nc(NCc2cc(F)ccc2F)nc(N(C)C)n1. The lowest BCUT2D eigenvalue weighted by atomic mass is 10.2. The molecule has 6 nitrogen and oxygen atoms in total. The van der Waals surface area contributed by atoms with Crippen LogP contribution in [0.3, 0.4) is 0 Å². The zero-order valence-electron chi connectivity index (χ0n) is 12.0. The molecule has 0 bridgehead atoms. The molecule has 0 radical (unpaired) electrons. The summed E-state index contributed by atoms with van der Waals surface area (Å²) in [5, 5.41) is 5.68. The van der Waals surface area contributed by atoms with Gasteiger partial charge in [0.15, 0.2) is 0 Å². The van der Waals surface area contributed by atoms with Gasteiger partial charge in [-0.15, -0.1) is 0 Å². The zero-order valence-corrected chi connectivity index (χ0v) is 12.0. The molecule has 0 fully saturated rings. The third-order valence-corrected chi connectivity index (χ3v) is 2.69. The van der Waals surface area contributed by atoms with Crippen LogP contribution in [0, 0.1) is 11.6 Å². The van der Waals surface area contributed by atoms with Crippen molar-refractivity contribution in [2.45, 2.75) is 6.54 Å². The largest absolute Gasteiger partial charge is 0.357 e. The Balaban J connectivity index is 2.19. The van der Waals surface area contributed by atoms with E-state index in [9.17, 15) is 8.78 Å². The first-order chi connectivity index (χ1) is 9.99. The molecule has 0 saturated heterocycles. The fourth-order valence-electron chi connectivity index (χ4n) is 1.61. The highest BCUT2D eigenvalue weighted by Gasteiger charge is 2.09. The molecule has 0 aliphatic heterocycles. The van der Waals surface area contributed by atoms with Crippen molar-refractivity contribution in [2.75, 3.05) is 36.7 Å². The Morgan fingerprint density at radius 1 is 1.10 bits per heavy atom. The molecular weight excluding hydrogens is 278 g/mol. The number of hydrogen-bond donors (Lipinski definition) is 2. The van der Waals surface area contributed by atoms with Crippen LogP contribution in [0.15, 0.2) is 18.2 Å². The molecule has 0 amide bonds. The van der Waals surface area contributed by atoms with Crippen LogP contribution >= 0.6 is 0 Å². The molecule has 0 spiro atoms. The Hall–Kier alpha value is -2.51. The Morgan fingerprint density at radius 3 is 2.48 bits per heavy atom. The maximum absolute atomic E-state index is 13.5. The minimum Gasteiger partial charge on any atom is -0.357 e. The smallest absolute Gasteiger partial charge is 0.231 e. The lowest BCUT2D eigenvalue weighted by molar-refractivity contribution is 0.587. The number of nitrogens with zero attached hydrogens (tertiary/aromatic N) is 4. The summed E-state index contributed by atoms with van der Waals surface area (Å²) in [5.74, 6) is 0.141. The van der Waals surface area contributed by atoms with Gasteiger partial charge in [-0.2, -0.15) is 15.0 Å². The summed E-state index contributed by atoms with van der Waals surface area (Å²) >= 11 is 0. The monoisotopic (exact) mass is 294 g/mol. The van der Waals surface area contributed by atoms with Crippen molar-refractivity contribution >= 4 is 17.8 Å². The summed E-state index contributed by atoms with van der Waals surface area (Å²) in [6, 6.07) is 3.30. The second kappa shape index (κ2) is 6.29. The molecule has 21 heavy (non-hydrogen) atoms. The minimum atomic E-state index is -0.492. The average Bonchev–Trinajstić information content (AvgIpc) is 2.47. The number of benzene rings is 1. The first-order valence-electron chi connectivity index (χ1n) is 6.28. The molecule has 8 heteroatoms. The molecular formula is C13H16F2N6. The zero-order chi connectivity index (χ0) is 15.4. The fraction of sp³-hybridized carbons (Fsp3) is 0.308. The van der Waals surface area contributed by atoms with E-state index >= 15 is 0 Å². The maximum atomic E-state index is 13.5. The molecule has 1 aromatic carbocycles. The van der Waals surface area contributed by atoms with E-state index in [1.165, 1.54) is 0 Å². The van der Waals surface area contributed by atoms with Gasteiger partial charge in [-0.1, -0.05) is 0 Å². The van der Waals surface area contributed by atoms with Crippen molar-refractivity contribution in [3.8, 4) is 0 Å². The van der Waals surface area contributed by atoms with Crippen molar-refractivity contribution in [2.24, 2.45) is 0 Å². The number of hydrogen-bond acceptors (Lipinski definition) is 6. The lowest BCUT2D eigenvalue weighted by Crippen LogP contribution is -2.16. The molecule has 2 N–H and O–H groups in total. The first-order valence-corrected chi connectivity index (χ1v) is 6.28. The van der Waals surface area contributed by atoms with E-state index in [1.54, 1.807) is 26.0 Å². The third-order valence-electron chi connectivity index (χ3n) is 2.69. The highest BCUT2D eigenvalue weighted by atomic mass is 19.1. The maximum Gasteiger partial charge on any atom is 0.231 e. The first kappa shape index (κ1) is 14.9. The number of aromatic nitrogens is 3. The van der Waals surface area contributed by atoms with E-state index in [0.717, 1.165) is 18.2 Å².